The van der Waals surface area contributed by atoms with Gasteiger partial charge in [-0.3, -0.25) is 9.59 Å². The maximum atomic E-state index is 10.8. The minimum atomic E-state index is -1.59. The van der Waals surface area contributed by atoms with Gasteiger partial charge in [-0.15, -0.1) is 0 Å². The molecule has 10 heteroatoms. The van der Waals surface area contributed by atoms with Crippen molar-refractivity contribution in [3.8, 4) is 0 Å². The van der Waals surface area contributed by atoms with E-state index < -0.39 is 21.9 Å². The van der Waals surface area contributed by atoms with E-state index in [1.54, 1.807) is 0 Å². The maximum Gasteiger partial charge on any atom is 0.376 e. The molecule has 0 spiro atoms. The van der Waals surface area contributed by atoms with Crippen molar-refractivity contribution >= 4 is 11.8 Å². The zero-order valence-electron chi connectivity index (χ0n) is 7.24. The Morgan fingerprint density at radius 3 is 1.29 bits per heavy atom. The van der Waals surface area contributed by atoms with Crippen molar-refractivity contribution in [2.45, 2.75) is 0 Å². The van der Waals surface area contributed by atoms with Gasteiger partial charge in [-0.1, -0.05) is 10.0 Å². The summed E-state index contributed by atoms with van der Waals surface area (Å²) in [6, 6.07) is 0. The molecular formula is C4H6N4O6. The van der Waals surface area contributed by atoms with Crippen LogP contribution in [0.2, 0.25) is 0 Å². The molecule has 0 aliphatic carbocycles. The van der Waals surface area contributed by atoms with Crippen LogP contribution in [-0.2, 0) is 9.59 Å². The van der Waals surface area contributed by atoms with E-state index in [1.165, 1.54) is 0 Å². The molecule has 0 heterocycles. The molecule has 0 N–H and O–H groups in total. The molecule has 0 fully saturated rings. The van der Waals surface area contributed by atoms with E-state index in [1.807, 2.05) is 0 Å². The van der Waals surface area contributed by atoms with E-state index in [0.29, 0.717) is 14.1 Å². The first-order chi connectivity index (χ1) is 6.29. The molecule has 0 rings (SSSR count). The van der Waals surface area contributed by atoms with Crippen molar-refractivity contribution in [2.24, 2.45) is 0 Å². The number of nitro groups is 2. The molecule has 14 heavy (non-hydrogen) atoms. The van der Waals surface area contributed by atoms with E-state index in [0.717, 1.165) is 0 Å². The number of amides is 2. The molecule has 0 atom stereocenters. The zero-order chi connectivity index (χ0) is 11.5. The summed E-state index contributed by atoms with van der Waals surface area (Å²) in [6.45, 7) is 0. The molecule has 0 saturated heterocycles. The quantitative estimate of drug-likeness (QED) is 0.300. The van der Waals surface area contributed by atoms with Gasteiger partial charge in [0.15, 0.2) is 10.1 Å². The second-order valence-electron chi connectivity index (χ2n) is 2.13. The molecule has 0 aromatic rings. The molecule has 0 saturated carbocycles. The summed E-state index contributed by atoms with van der Waals surface area (Å²) in [5.74, 6) is -3.18. The summed E-state index contributed by atoms with van der Waals surface area (Å²) in [5.41, 5.74) is 0. The fraction of sp³-hybridized carbons (Fsp3) is 0.500. The Hall–Kier alpha value is -2.26. The summed E-state index contributed by atoms with van der Waals surface area (Å²) in [7, 11) is 1.43. The van der Waals surface area contributed by atoms with E-state index >= 15 is 0 Å². The number of nitrogens with zero attached hydrogens (tertiary/aromatic N) is 4. The highest BCUT2D eigenvalue weighted by Crippen LogP contribution is 1.92. The number of hydrogen-bond acceptors (Lipinski definition) is 6. The molecule has 0 aromatic carbocycles. The Morgan fingerprint density at radius 2 is 1.14 bits per heavy atom. The zero-order valence-corrected chi connectivity index (χ0v) is 7.24. The monoisotopic (exact) mass is 206 g/mol. The third-order valence-electron chi connectivity index (χ3n) is 1.26. The van der Waals surface area contributed by atoms with Gasteiger partial charge in [0, 0.05) is 0 Å². The minimum Gasteiger partial charge on any atom is -0.257 e. The van der Waals surface area contributed by atoms with Crippen molar-refractivity contribution < 1.29 is 19.7 Å². The number of carbonyl (C=O) groups is 2. The van der Waals surface area contributed by atoms with Crippen LogP contribution in [-0.4, -0.2) is 46.0 Å². The molecule has 10 nitrogen and oxygen atoms in total. The van der Waals surface area contributed by atoms with Crippen LogP contribution < -0.4 is 0 Å². The normalized spacial score (nSPS) is 9.00. The largest absolute Gasteiger partial charge is 0.376 e. The minimum absolute atomic E-state index is 0.137. The van der Waals surface area contributed by atoms with Crippen LogP contribution in [0, 0.1) is 20.2 Å². The first-order valence-corrected chi connectivity index (χ1v) is 3.13. The van der Waals surface area contributed by atoms with Crippen LogP contribution in [0.1, 0.15) is 0 Å². The summed E-state index contributed by atoms with van der Waals surface area (Å²) in [5, 5.41) is 17.4. The molecule has 0 radical (unpaired) electrons. The topological polar surface area (TPSA) is 127 Å². The molecular weight excluding hydrogens is 200 g/mol. The van der Waals surface area contributed by atoms with Crippen LogP contribution in [0.5, 0.6) is 0 Å². The van der Waals surface area contributed by atoms with E-state index in [9.17, 15) is 29.8 Å². The fourth-order valence-electron chi connectivity index (χ4n) is 0.425. The molecule has 0 aliphatic rings. The molecule has 78 valence electrons. The summed E-state index contributed by atoms with van der Waals surface area (Å²) >= 11 is 0. The molecule has 2 amide bonds. The second-order valence-corrected chi connectivity index (χ2v) is 2.13. The van der Waals surface area contributed by atoms with Crippen molar-refractivity contribution in [1.29, 1.82) is 0 Å². The van der Waals surface area contributed by atoms with Crippen LogP contribution >= 0.6 is 0 Å². The highest BCUT2D eigenvalue weighted by atomic mass is 16.7. The molecule has 0 bridgehead atoms. The van der Waals surface area contributed by atoms with Crippen molar-refractivity contribution in [3.05, 3.63) is 20.2 Å². The Labute approximate surface area is 76.9 Å². The third kappa shape index (κ3) is 2.36. The van der Waals surface area contributed by atoms with Gasteiger partial charge >= 0.3 is 11.8 Å². The predicted octanol–water partition coefficient (Wildman–Crippen LogP) is -1.71. The lowest BCUT2D eigenvalue weighted by atomic mass is 10.5. The molecule has 0 unspecified atom stereocenters. The van der Waals surface area contributed by atoms with E-state index in [-0.39, 0.29) is 10.0 Å². The van der Waals surface area contributed by atoms with Gasteiger partial charge in [0.1, 0.15) is 0 Å². The van der Waals surface area contributed by atoms with Gasteiger partial charge in [-0.2, -0.15) is 0 Å². The highest BCUT2D eigenvalue weighted by Gasteiger charge is 2.34. The van der Waals surface area contributed by atoms with Crippen molar-refractivity contribution in [2.75, 3.05) is 14.1 Å². The van der Waals surface area contributed by atoms with Gasteiger partial charge in [-0.05, 0) is 0 Å². The molecule has 0 aromatic heterocycles. The Morgan fingerprint density at radius 1 is 0.929 bits per heavy atom. The van der Waals surface area contributed by atoms with Gasteiger partial charge in [-0.25, -0.2) is 20.2 Å². The highest BCUT2D eigenvalue weighted by molar-refractivity contribution is 6.34. The Balaban J connectivity index is 4.64. The Kier molecular flexibility index (Phi) is 3.45. The number of hydrogen-bond donors (Lipinski definition) is 0. The maximum absolute atomic E-state index is 10.8. The lowest BCUT2D eigenvalue weighted by Crippen LogP contribution is -2.46. The number of rotatable bonds is 2. The molecule has 0 aliphatic heterocycles. The van der Waals surface area contributed by atoms with Gasteiger partial charge in [0.05, 0.1) is 14.1 Å². The smallest absolute Gasteiger partial charge is 0.257 e. The first-order valence-electron chi connectivity index (χ1n) is 3.13. The van der Waals surface area contributed by atoms with E-state index in [2.05, 4.69) is 0 Å². The summed E-state index contributed by atoms with van der Waals surface area (Å²) in [6.07, 6.45) is 0. The standard InChI is InChI=1S/C4H6N4O6/c1-5(7(11)12)3(9)4(10)6(2)8(13)14/h1-2H3. The van der Waals surface area contributed by atoms with Gasteiger partial charge < -0.3 is 0 Å². The Bertz CT molecular complexity index is 270. The van der Waals surface area contributed by atoms with Crippen molar-refractivity contribution in [3.63, 3.8) is 0 Å². The van der Waals surface area contributed by atoms with Crippen LogP contribution in [0.3, 0.4) is 0 Å². The van der Waals surface area contributed by atoms with Crippen molar-refractivity contribution in [1.82, 2.24) is 10.0 Å². The third-order valence-corrected chi connectivity index (χ3v) is 1.26. The summed E-state index contributed by atoms with van der Waals surface area (Å²) in [4.78, 5) is 41.7. The van der Waals surface area contributed by atoms with Gasteiger partial charge in [0.2, 0.25) is 0 Å². The number of hydrazine groups is 2. The predicted molar refractivity (Wildman–Crippen MR) is 39.5 cm³/mol. The number of carbonyl (C=O) groups excluding carboxylic acids is 2. The second kappa shape index (κ2) is 4.11. The number of likely N-dealkylation sites (N-methyl/N-ethyl adjacent to an activating group) is 2. The van der Waals surface area contributed by atoms with Crippen LogP contribution in [0.4, 0.5) is 0 Å². The van der Waals surface area contributed by atoms with Crippen LogP contribution in [0.25, 0.3) is 0 Å². The SMILES string of the molecule is CN(C(=O)C(=O)N(C)[N+](=O)[O-])[N+](=O)[O-]. The van der Waals surface area contributed by atoms with Gasteiger partial charge in [0.25, 0.3) is 0 Å². The van der Waals surface area contributed by atoms with E-state index in [4.69, 9.17) is 0 Å². The lowest BCUT2D eigenvalue weighted by molar-refractivity contribution is -0.635. The van der Waals surface area contributed by atoms with Crippen LogP contribution in [0.15, 0.2) is 0 Å². The first kappa shape index (κ1) is 11.7. The lowest BCUT2D eigenvalue weighted by Gasteiger charge is -2.07. The average molecular weight is 206 g/mol. The fourth-order valence-corrected chi connectivity index (χ4v) is 0.425. The summed E-state index contributed by atoms with van der Waals surface area (Å²) < 4.78 is 0. The average Bonchev–Trinajstić information content (AvgIpc) is 2.12.